The number of benzene rings is 1. The summed E-state index contributed by atoms with van der Waals surface area (Å²) in [4.78, 5) is 8.99. The summed E-state index contributed by atoms with van der Waals surface area (Å²) >= 11 is 9.67. The summed E-state index contributed by atoms with van der Waals surface area (Å²) < 4.78 is 8.09. The number of rotatable bonds is 2. The van der Waals surface area contributed by atoms with Crippen molar-refractivity contribution < 1.29 is 4.74 Å². The minimum Gasteiger partial charge on any atom is -0.437 e. The average Bonchev–Trinajstić information content (AvgIpc) is 2.98. The molecule has 0 bridgehead atoms. The summed E-state index contributed by atoms with van der Waals surface area (Å²) in [5, 5.41) is 4.89. The molecule has 1 aliphatic rings. The molecule has 3 heterocycles. The number of nitrogens with zero attached hydrogens (tertiary/aromatic N) is 4. The second kappa shape index (κ2) is 6.13. The van der Waals surface area contributed by atoms with Crippen molar-refractivity contribution in [1.82, 2.24) is 14.8 Å². The SMILES string of the molecule is C=C1OC(c2cc(Br)nn2-c2ncccc2Cl)=Nc2c(C)cccc21. The van der Waals surface area contributed by atoms with E-state index < -0.39 is 0 Å². The highest BCUT2D eigenvalue weighted by Crippen LogP contribution is 2.35. The maximum atomic E-state index is 6.28. The largest absolute Gasteiger partial charge is 0.437 e. The molecule has 7 heteroatoms. The van der Waals surface area contributed by atoms with Crippen molar-refractivity contribution in [3.05, 3.63) is 75.6 Å². The third-order valence-corrected chi connectivity index (χ3v) is 4.49. The van der Waals surface area contributed by atoms with E-state index in [0.717, 1.165) is 16.8 Å². The Morgan fingerprint density at radius 2 is 2.08 bits per heavy atom. The maximum Gasteiger partial charge on any atom is 0.246 e. The van der Waals surface area contributed by atoms with Crippen LogP contribution in [0.1, 0.15) is 16.8 Å². The molecule has 5 nitrogen and oxygen atoms in total. The quantitative estimate of drug-likeness (QED) is 0.587. The molecule has 0 N–H and O–H groups in total. The summed E-state index contributed by atoms with van der Waals surface area (Å²) in [6.07, 6.45) is 1.66. The highest BCUT2D eigenvalue weighted by Gasteiger charge is 2.24. The van der Waals surface area contributed by atoms with E-state index in [1.165, 1.54) is 0 Å². The number of halogens is 2. The van der Waals surface area contributed by atoms with Crippen LogP contribution in [0.15, 0.2) is 58.8 Å². The molecule has 3 aromatic rings. The van der Waals surface area contributed by atoms with Crippen LogP contribution in [-0.2, 0) is 4.74 Å². The minimum absolute atomic E-state index is 0.395. The third-order valence-electron chi connectivity index (χ3n) is 3.81. The summed E-state index contributed by atoms with van der Waals surface area (Å²) in [7, 11) is 0. The molecule has 0 saturated heterocycles. The monoisotopic (exact) mass is 414 g/mol. The molecule has 1 aliphatic heterocycles. The van der Waals surface area contributed by atoms with Crippen LogP contribution in [0.3, 0.4) is 0 Å². The van der Waals surface area contributed by atoms with Crippen LogP contribution in [-0.4, -0.2) is 20.7 Å². The number of aromatic nitrogens is 3. The van der Waals surface area contributed by atoms with Gasteiger partial charge in [-0.05, 0) is 46.6 Å². The molecule has 0 aliphatic carbocycles. The highest BCUT2D eigenvalue weighted by atomic mass is 79.9. The van der Waals surface area contributed by atoms with Crippen molar-refractivity contribution in [3.8, 4) is 5.82 Å². The summed E-state index contributed by atoms with van der Waals surface area (Å²) in [6, 6.07) is 11.2. The van der Waals surface area contributed by atoms with Gasteiger partial charge in [-0.15, -0.1) is 0 Å². The summed E-state index contributed by atoms with van der Waals surface area (Å²) in [5.41, 5.74) is 3.39. The van der Waals surface area contributed by atoms with Crippen LogP contribution >= 0.6 is 27.5 Å². The number of para-hydroxylation sites is 1. The molecule has 0 saturated carbocycles. The number of fused-ring (bicyclic) bond motifs is 1. The van der Waals surface area contributed by atoms with Crippen LogP contribution in [0.25, 0.3) is 11.6 Å². The van der Waals surface area contributed by atoms with E-state index in [9.17, 15) is 0 Å². The number of pyridine rings is 1. The van der Waals surface area contributed by atoms with Crippen LogP contribution < -0.4 is 0 Å². The molecule has 1 aromatic carbocycles. The second-order valence-corrected chi connectivity index (χ2v) is 6.71. The van der Waals surface area contributed by atoms with E-state index in [4.69, 9.17) is 16.3 Å². The van der Waals surface area contributed by atoms with Gasteiger partial charge in [-0.25, -0.2) is 14.7 Å². The number of hydrogen-bond acceptors (Lipinski definition) is 4. The van der Waals surface area contributed by atoms with Gasteiger partial charge >= 0.3 is 0 Å². The lowest BCUT2D eigenvalue weighted by molar-refractivity contribution is 0.500. The standard InChI is InChI=1S/C18H12BrClN4O/c1-10-5-3-6-12-11(2)25-18(22-16(10)12)14-9-15(19)23-24(14)17-13(20)7-4-8-21-17/h3-9H,2H2,1H3. The van der Waals surface area contributed by atoms with Gasteiger partial charge in [0.05, 0.1) is 10.7 Å². The minimum atomic E-state index is 0.395. The van der Waals surface area contributed by atoms with Crippen molar-refractivity contribution in [2.45, 2.75) is 6.92 Å². The molecule has 0 amide bonds. The Kier molecular flexibility index (Phi) is 3.94. The Bertz CT molecular complexity index is 1040. The van der Waals surface area contributed by atoms with Gasteiger partial charge < -0.3 is 4.74 Å². The van der Waals surface area contributed by atoms with Gasteiger partial charge in [-0.2, -0.15) is 5.10 Å². The third kappa shape index (κ3) is 2.77. The number of ether oxygens (including phenoxy) is 1. The molecule has 4 rings (SSSR count). The van der Waals surface area contributed by atoms with Crippen LogP contribution in [0, 0.1) is 6.92 Å². The number of aryl methyl sites for hydroxylation is 1. The number of hydrogen-bond donors (Lipinski definition) is 0. The van der Waals surface area contributed by atoms with Gasteiger partial charge in [-0.1, -0.05) is 30.3 Å². The Labute approximate surface area is 157 Å². The number of aliphatic imine (C=N–C) groups is 1. The molecular weight excluding hydrogens is 404 g/mol. The van der Waals surface area contributed by atoms with Crippen LogP contribution in [0.5, 0.6) is 0 Å². The molecule has 0 fully saturated rings. The molecular formula is C18H12BrClN4O. The first-order valence-electron chi connectivity index (χ1n) is 7.47. The van der Waals surface area contributed by atoms with Crippen molar-refractivity contribution in [1.29, 1.82) is 0 Å². The van der Waals surface area contributed by atoms with Crippen molar-refractivity contribution in [3.63, 3.8) is 0 Å². The molecule has 0 unspecified atom stereocenters. The zero-order chi connectivity index (χ0) is 17.6. The van der Waals surface area contributed by atoms with Crippen molar-refractivity contribution in [2.75, 3.05) is 0 Å². The highest BCUT2D eigenvalue weighted by molar-refractivity contribution is 9.10. The average molecular weight is 416 g/mol. The maximum absolute atomic E-state index is 6.28. The molecule has 25 heavy (non-hydrogen) atoms. The molecule has 0 spiro atoms. The van der Waals surface area contributed by atoms with E-state index >= 15 is 0 Å². The first-order chi connectivity index (χ1) is 12.0. The molecule has 124 valence electrons. The van der Waals surface area contributed by atoms with E-state index in [1.54, 1.807) is 29.1 Å². The van der Waals surface area contributed by atoms with Gasteiger partial charge in [0.15, 0.2) is 5.82 Å². The zero-order valence-corrected chi connectivity index (χ0v) is 15.5. The molecule has 2 aromatic heterocycles. The van der Waals surface area contributed by atoms with Gasteiger partial charge in [0.1, 0.15) is 16.1 Å². The first-order valence-corrected chi connectivity index (χ1v) is 8.64. The lowest BCUT2D eigenvalue weighted by Gasteiger charge is -2.20. The lowest BCUT2D eigenvalue weighted by Crippen LogP contribution is -2.16. The van der Waals surface area contributed by atoms with Crippen molar-refractivity contribution >= 4 is 44.9 Å². The zero-order valence-electron chi connectivity index (χ0n) is 13.2. The van der Waals surface area contributed by atoms with E-state index in [1.807, 2.05) is 25.1 Å². The van der Waals surface area contributed by atoms with Gasteiger partial charge in [-0.3, -0.25) is 0 Å². The smallest absolute Gasteiger partial charge is 0.246 e. The van der Waals surface area contributed by atoms with Gasteiger partial charge in [0.25, 0.3) is 0 Å². The predicted molar refractivity (Wildman–Crippen MR) is 102 cm³/mol. The molecule has 0 atom stereocenters. The predicted octanol–water partition coefficient (Wildman–Crippen LogP) is 5.07. The van der Waals surface area contributed by atoms with Gasteiger partial charge in [0.2, 0.25) is 5.90 Å². The summed E-state index contributed by atoms with van der Waals surface area (Å²) in [6.45, 7) is 6.01. The van der Waals surface area contributed by atoms with E-state index in [0.29, 0.717) is 32.8 Å². The normalized spacial score (nSPS) is 13.2. The van der Waals surface area contributed by atoms with Gasteiger partial charge in [0, 0.05) is 17.8 Å². The Morgan fingerprint density at radius 1 is 1.24 bits per heavy atom. The van der Waals surface area contributed by atoms with Crippen LogP contribution in [0.4, 0.5) is 5.69 Å². The second-order valence-electron chi connectivity index (χ2n) is 5.49. The fraction of sp³-hybridized carbons (Fsp3) is 0.0556. The Morgan fingerprint density at radius 3 is 2.88 bits per heavy atom. The lowest BCUT2D eigenvalue weighted by atomic mass is 10.1. The van der Waals surface area contributed by atoms with Crippen molar-refractivity contribution in [2.24, 2.45) is 4.99 Å². The van der Waals surface area contributed by atoms with Crippen LogP contribution in [0.2, 0.25) is 5.02 Å². The first kappa shape index (κ1) is 16.1. The fourth-order valence-electron chi connectivity index (χ4n) is 2.64. The topological polar surface area (TPSA) is 52.3 Å². The van der Waals surface area contributed by atoms with E-state index in [-0.39, 0.29) is 0 Å². The van der Waals surface area contributed by atoms with E-state index in [2.05, 4.69) is 37.6 Å². The fourth-order valence-corrected chi connectivity index (χ4v) is 3.21. The molecule has 0 radical (unpaired) electrons. The summed E-state index contributed by atoms with van der Waals surface area (Å²) in [5.74, 6) is 1.43. The Balaban J connectivity index is 1.91. The Hall–Kier alpha value is -2.44.